The number of anilines is 2. The molecule has 4 heterocycles. The molecule has 10 heteroatoms. The summed E-state index contributed by atoms with van der Waals surface area (Å²) in [6.45, 7) is 3.31. The lowest BCUT2D eigenvalue weighted by Gasteiger charge is -2.36. The van der Waals surface area contributed by atoms with E-state index in [1.54, 1.807) is 19.2 Å². The number of carbonyl (C=O) groups is 1. The highest BCUT2D eigenvalue weighted by Gasteiger charge is 2.38. The molecule has 2 atom stereocenters. The number of hydrogen-bond donors (Lipinski definition) is 3. The number of aromatic nitrogens is 1. The van der Waals surface area contributed by atoms with Crippen molar-refractivity contribution in [1.82, 2.24) is 15.6 Å². The smallest absolute Gasteiger partial charge is 0.386 e. The number of fused-ring (bicyclic) bond motifs is 3. The van der Waals surface area contributed by atoms with Crippen molar-refractivity contribution < 1.29 is 18.0 Å². The summed E-state index contributed by atoms with van der Waals surface area (Å²) in [6, 6.07) is 8.89. The number of benzene rings is 1. The van der Waals surface area contributed by atoms with Crippen LogP contribution in [0.3, 0.4) is 0 Å². The zero-order valence-electron chi connectivity index (χ0n) is 19.6. The molecule has 1 aromatic carbocycles. The highest BCUT2D eigenvalue weighted by atomic mass is 32.1. The fourth-order valence-corrected chi connectivity index (χ4v) is 6.26. The van der Waals surface area contributed by atoms with Crippen LogP contribution in [0.2, 0.25) is 0 Å². The molecule has 6 nitrogen and oxygen atoms in total. The van der Waals surface area contributed by atoms with Crippen LogP contribution in [0, 0.1) is 6.92 Å². The summed E-state index contributed by atoms with van der Waals surface area (Å²) in [4.78, 5) is 20.5. The molecule has 2 aliphatic heterocycles. The average Bonchev–Trinajstić information content (AvgIpc) is 3.36. The minimum absolute atomic E-state index is 0.233. The normalized spacial score (nSPS) is 19.9. The largest absolute Gasteiger partial charge is 0.418 e. The van der Waals surface area contributed by atoms with E-state index in [1.165, 1.54) is 17.4 Å². The number of piperazine rings is 1. The first kappa shape index (κ1) is 23.9. The number of rotatable bonds is 6. The predicted molar refractivity (Wildman–Crippen MR) is 134 cm³/mol. The van der Waals surface area contributed by atoms with E-state index in [1.807, 2.05) is 24.0 Å². The van der Waals surface area contributed by atoms with Gasteiger partial charge >= 0.3 is 6.18 Å². The number of halogens is 3. The molecule has 5 rings (SSSR count). The third kappa shape index (κ3) is 4.81. The number of aryl methyl sites for hydroxylation is 1. The number of carbonyl (C=O) groups excluding carboxylic acids is 1. The van der Waals surface area contributed by atoms with Crippen molar-refractivity contribution in [3.63, 3.8) is 0 Å². The summed E-state index contributed by atoms with van der Waals surface area (Å²) in [5, 5.41) is 10.3. The molecule has 2 bridgehead atoms. The third-order valence-electron chi connectivity index (χ3n) is 6.77. The van der Waals surface area contributed by atoms with Crippen LogP contribution in [0.4, 0.5) is 24.5 Å². The van der Waals surface area contributed by atoms with Gasteiger partial charge in [-0.25, -0.2) is 4.98 Å². The lowest BCUT2D eigenvalue weighted by Crippen LogP contribution is -2.51. The Morgan fingerprint density at radius 1 is 1.20 bits per heavy atom. The molecule has 186 valence electrons. The van der Waals surface area contributed by atoms with Gasteiger partial charge in [-0.3, -0.25) is 4.79 Å². The SMILES string of the molecule is CNc1c(C(=O)NCCc2ccc(N3C[C@H]4CC[C@@H](C3)N4)c(C(F)(F)F)c2)sc2nc(C)ccc12. The van der Waals surface area contributed by atoms with Gasteiger partial charge in [0.2, 0.25) is 0 Å². The third-order valence-corrected chi connectivity index (χ3v) is 7.87. The Balaban J connectivity index is 1.29. The van der Waals surface area contributed by atoms with Gasteiger partial charge in [-0.1, -0.05) is 6.07 Å². The van der Waals surface area contributed by atoms with Crippen LogP contribution in [-0.2, 0) is 12.6 Å². The van der Waals surface area contributed by atoms with E-state index in [2.05, 4.69) is 20.9 Å². The van der Waals surface area contributed by atoms with Gasteiger partial charge in [-0.05, 0) is 56.0 Å². The van der Waals surface area contributed by atoms with Gasteiger partial charge in [0, 0.05) is 55.5 Å². The summed E-state index contributed by atoms with van der Waals surface area (Å²) in [6.07, 6.45) is -2.13. The molecule has 3 aromatic rings. The quantitative estimate of drug-likeness (QED) is 0.460. The second kappa shape index (κ2) is 9.31. The van der Waals surface area contributed by atoms with E-state index in [9.17, 15) is 18.0 Å². The first-order chi connectivity index (χ1) is 16.7. The number of nitrogens with zero attached hydrogens (tertiary/aromatic N) is 2. The van der Waals surface area contributed by atoms with Crippen molar-refractivity contribution in [3.05, 3.63) is 52.0 Å². The topological polar surface area (TPSA) is 69.3 Å². The Kier molecular flexibility index (Phi) is 6.35. The zero-order chi connectivity index (χ0) is 24.7. The summed E-state index contributed by atoms with van der Waals surface area (Å²) < 4.78 is 41.9. The van der Waals surface area contributed by atoms with Gasteiger partial charge in [0.05, 0.1) is 11.3 Å². The second-order valence-electron chi connectivity index (χ2n) is 9.26. The monoisotopic (exact) mass is 503 g/mol. The van der Waals surface area contributed by atoms with E-state index in [0.717, 1.165) is 28.8 Å². The highest BCUT2D eigenvalue weighted by molar-refractivity contribution is 7.21. The van der Waals surface area contributed by atoms with Crippen molar-refractivity contribution >= 4 is 38.8 Å². The highest BCUT2D eigenvalue weighted by Crippen LogP contribution is 2.39. The molecule has 3 N–H and O–H groups in total. The Morgan fingerprint density at radius 2 is 1.94 bits per heavy atom. The molecule has 0 unspecified atom stereocenters. The van der Waals surface area contributed by atoms with Gasteiger partial charge in [0.15, 0.2) is 0 Å². The van der Waals surface area contributed by atoms with Crippen LogP contribution in [0.15, 0.2) is 30.3 Å². The Labute approximate surface area is 205 Å². The van der Waals surface area contributed by atoms with E-state index in [4.69, 9.17) is 0 Å². The number of amides is 1. The summed E-state index contributed by atoms with van der Waals surface area (Å²) in [7, 11) is 1.75. The minimum atomic E-state index is -4.44. The summed E-state index contributed by atoms with van der Waals surface area (Å²) in [5.74, 6) is -0.265. The van der Waals surface area contributed by atoms with Crippen molar-refractivity contribution in [2.45, 2.75) is 44.4 Å². The average molecular weight is 504 g/mol. The Hall–Kier alpha value is -2.85. The fraction of sp³-hybridized carbons (Fsp3) is 0.440. The van der Waals surface area contributed by atoms with Crippen LogP contribution < -0.4 is 20.9 Å². The van der Waals surface area contributed by atoms with Gasteiger partial charge in [-0.2, -0.15) is 13.2 Å². The van der Waals surface area contributed by atoms with E-state index < -0.39 is 11.7 Å². The first-order valence-electron chi connectivity index (χ1n) is 11.8. The number of thiophene rings is 1. The van der Waals surface area contributed by atoms with E-state index in [0.29, 0.717) is 35.6 Å². The summed E-state index contributed by atoms with van der Waals surface area (Å²) >= 11 is 1.30. The lowest BCUT2D eigenvalue weighted by molar-refractivity contribution is -0.137. The van der Waals surface area contributed by atoms with Crippen molar-refractivity contribution in [1.29, 1.82) is 0 Å². The van der Waals surface area contributed by atoms with Gasteiger partial charge < -0.3 is 20.9 Å². The molecule has 35 heavy (non-hydrogen) atoms. The molecular formula is C25H28F3N5OS. The molecule has 0 spiro atoms. The minimum Gasteiger partial charge on any atom is -0.386 e. The van der Waals surface area contributed by atoms with Gasteiger partial charge in [0.1, 0.15) is 9.71 Å². The molecule has 2 aliphatic rings. The molecule has 2 aromatic heterocycles. The molecule has 0 radical (unpaired) electrons. The van der Waals surface area contributed by atoms with E-state index in [-0.39, 0.29) is 30.2 Å². The Bertz CT molecular complexity index is 1250. The number of alkyl halides is 3. The first-order valence-corrected chi connectivity index (χ1v) is 12.6. The summed E-state index contributed by atoms with van der Waals surface area (Å²) in [5.41, 5.74) is 1.76. The van der Waals surface area contributed by atoms with E-state index >= 15 is 0 Å². The van der Waals surface area contributed by atoms with Crippen LogP contribution in [0.25, 0.3) is 10.2 Å². The maximum Gasteiger partial charge on any atom is 0.418 e. The number of pyridine rings is 1. The molecule has 2 fully saturated rings. The van der Waals surface area contributed by atoms with Crippen molar-refractivity contribution in [2.24, 2.45) is 0 Å². The van der Waals surface area contributed by atoms with Crippen LogP contribution >= 0.6 is 11.3 Å². The van der Waals surface area contributed by atoms with Crippen molar-refractivity contribution in [3.8, 4) is 0 Å². The van der Waals surface area contributed by atoms with Crippen LogP contribution in [-0.4, -0.2) is 49.7 Å². The second-order valence-corrected chi connectivity index (χ2v) is 10.3. The van der Waals surface area contributed by atoms with Crippen LogP contribution in [0.1, 0.15) is 39.3 Å². The molecule has 2 saturated heterocycles. The lowest BCUT2D eigenvalue weighted by atomic mass is 10.0. The number of nitrogens with one attached hydrogen (secondary N) is 3. The Morgan fingerprint density at radius 3 is 2.63 bits per heavy atom. The standard InChI is InChI=1S/C25H28F3N5OS/c1-14-3-7-18-21(29-2)22(35-24(18)31-14)23(34)30-10-9-15-4-8-20(19(11-15)25(26,27)28)33-12-16-5-6-17(13-33)32-16/h3-4,7-8,11,16-17,29,32H,5-6,9-10,12-13H2,1-2H3,(H,30,34)/t16-,17+. The van der Waals surface area contributed by atoms with Gasteiger partial charge in [-0.15, -0.1) is 11.3 Å². The molecular weight excluding hydrogens is 475 g/mol. The molecule has 1 amide bonds. The molecule has 0 aliphatic carbocycles. The molecule has 0 saturated carbocycles. The number of hydrogen-bond acceptors (Lipinski definition) is 6. The van der Waals surface area contributed by atoms with Gasteiger partial charge in [0.25, 0.3) is 5.91 Å². The fourth-order valence-electron chi connectivity index (χ4n) is 5.11. The zero-order valence-corrected chi connectivity index (χ0v) is 20.4. The maximum atomic E-state index is 14.0. The van der Waals surface area contributed by atoms with Crippen molar-refractivity contribution in [2.75, 3.05) is 36.9 Å². The predicted octanol–water partition coefficient (Wildman–Crippen LogP) is 4.58. The van der Waals surface area contributed by atoms with Crippen LogP contribution in [0.5, 0.6) is 0 Å². The maximum absolute atomic E-state index is 14.0.